The fourth-order valence-corrected chi connectivity index (χ4v) is 1.32. The zero-order valence-electron chi connectivity index (χ0n) is 11.5. The fourth-order valence-electron chi connectivity index (χ4n) is 1.32. The molecule has 1 rings (SSSR count). The van der Waals surface area contributed by atoms with Gasteiger partial charge in [-0.05, 0) is 25.1 Å². The van der Waals surface area contributed by atoms with Gasteiger partial charge in [0, 0.05) is 25.3 Å². The molecule has 1 aromatic carbocycles. The summed E-state index contributed by atoms with van der Waals surface area (Å²) in [5.74, 6) is -1.63. The highest BCUT2D eigenvalue weighted by Crippen LogP contribution is 2.11. The molecule has 7 nitrogen and oxygen atoms in total. The van der Waals surface area contributed by atoms with Crippen LogP contribution >= 0.6 is 0 Å². The summed E-state index contributed by atoms with van der Waals surface area (Å²) in [5, 5.41) is 13.7. The first-order valence-electron chi connectivity index (χ1n) is 5.93. The van der Waals surface area contributed by atoms with Gasteiger partial charge in [0.15, 0.2) is 0 Å². The number of benzene rings is 1. The zero-order valence-corrected chi connectivity index (χ0v) is 11.5. The summed E-state index contributed by atoms with van der Waals surface area (Å²) in [6.45, 7) is 1.37. The van der Waals surface area contributed by atoms with E-state index in [0.717, 1.165) is 0 Å². The van der Waals surface area contributed by atoms with Crippen molar-refractivity contribution in [3.05, 3.63) is 29.8 Å². The third-order valence-corrected chi connectivity index (χ3v) is 2.50. The van der Waals surface area contributed by atoms with Crippen LogP contribution in [0.4, 0.5) is 10.5 Å². The van der Waals surface area contributed by atoms with Gasteiger partial charge in [-0.1, -0.05) is 6.07 Å². The van der Waals surface area contributed by atoms with Crippen LogP contribution in [-0.2, 0) is 4.79 Å². The van der Waals surface area contributed by atoms with Gasteiger partial charge in [0.25, 0.3) is 5.91 Å². The SMILES string of the molecule is CC(NC(=O)c1cccc(NC(=O)N(C)C)c1)C(=O)O. The first kappa shape index (κ1) is 15.5. The summed E-state index contributed by atoms with van der Waals surface area (Å²) in [7, 11) is 3.20. The summed E-state index contributed by atoms with van der Waals surface area (Å²) >= 11 is 0. The lowest BCUT2D eigenvalue weighted by Crippen LogP contribution is -2.38. The van der Waals surface area contributed by atoms with Crippen LogP contribution in [0.1, 0.15) is 17.3 Å². The second kappa shape index (κ2) is 6.55. The zero-order chi connectivity index (χ0) is 15.3. The highest BCUT2D eigenvalue weighted by molar-refractivity contribution is 5.98. The Bertz CT molecular complexity index is 528. The molecular formula is C13H17N3O4. The standard InChI is InChI=1S/C13H17N3O4/c1-8(12(18)19)14-11(17)9-5-4-6-10(7-9)15-13(20)16(2)3/h4-8H,1-3H3,(H,14,17)(H,15,20)(H,18,19). The third kappa shape index (κ3) is 4.27. The minimum absolute atomic E-state index is 0.273. The monoisotopic (exact) mass is 279 g/mol. The van der Waals surface area contributed by atoms with Gasteiger partial charge in [-0.3, -0.25) is 9.59 Å². The Morgan fingerprint density at radius 2 is 1.90 bits per heavy atom. The molecule has 7 heteroatoms. The number of nitrogens with zero attached hydrogens (tertiary/aromatic N) is 1. The summed E-state index contributed by atoms with van der Waals surface area (Å²) < 4.78 is 0. The highest BCUT2D eigenvalue weighted by atomic mass is 16.4. The van der Waals surface area contributed by atoms with E-state index in [9.17, 15) is 14.4 Å². The van der Waals surface area contributed by atoms with E-state index in [4.69, 9.17) is 5.11 Å². The van der Waals surface area contributed by atoms with Gasteiger partial charge < -0.3 is 20.6 Å². The average molecular weight is 279 g/mol. The quantitative estimate of drug-likeness (QED) is 0.765. The van der Waals surface area contributed by atoms with Crippen LogP contribution in [0.3, 0.4) is 0 Å². The van der Waals surface area contributed by atoms with Crippen molar-refractivity contribution in [3.8, 4) is 0 Å². The Balaban J connectivity index is 2.80. The largest absolute Gasteiger partial charge is 0.480 e. The maximum absolute atomic E-state index is 11.8. The summed E-state index contributed by atoms with van der Waals surface area (Å²) in [5.41, 5.74) is 0.731. The van der Waals surface area contributed by atoms with Crippen LogP contribution in [-0.4, -0.2) is 48.1 Å². The van der Waals surface area contributed by atoms with E-state index in [-0.39, 0.29) is 11.6 Å². The number of carboxylic acids is 1. The molecule has 0 saturated carbocycles. The molecular weight excluding hydrogens is 262 g/mol. The Morgan fingerprint density at radius 3 is 2.45 bits per heavy atom. The summed E-state index contributed by atoms with van der Waals surface area (Å²) in [4.78, 5) is 35.4. The van der Waals surface area contributed by atoms with E-state index in [1.54, 1.807) is 26.2 Å². The second-order valence-corrected chi connectivity index (χ2v) is 4.44. The lowest BCUT2D eigenvalue weighted by atomic mass is 10.1. The number of hydrogen-bond donors (Lipinski definition) is 3. The predicted octanol–water partition coefficient (Wildman–Crippen LogP) is 0.983. The minimum atomic E-state index is -1.12. The van der Waals surface area contributed by atoms with Crippen LogP contribution in [0.5, 0.6) is 0 Å². The van der Waals surface area contributed by atoms with E-state index in [1.165, 1.54) is 24.0 Å². The number of carbonyl (C=O) groups excluding carboxylic acids is 2. The van der Waals surface area contributed by atoms with Crippen molar-refractivity contribution in [1.29, 1.82) is 0 Å². The van der Waals surface area contributed by atoms with Crippen LogP contribution < -0.4 is 10.6 Å². The van der Waals surface area contributed by atoms with Gasteiger partial charge in [-0.25, -0.2) is 4.79 Å². The molecule has 0 aliphatic heterocycles. The molecule has 1 aromatic rings. The molecule has 0 aliphatic rings. The van der Waals surface area contributed by atoms with Crippen LogP contribution in [0, 0.1) is 0 Å². The topological polar surface area (TPSA) is 98.7 Å². The lowest BCUT2D eigenvalue weighted by Gasteiger charge is -2.13. The van der Waals surface area contributed by atoms with Gasteiger partial charge in [0.2, 0.25) is 0 Å². The average Bonchev–Trinajstić information content (AvgIpc) is 2.38. The number of aliphatic carboxylic acids is 1. The van der Waals surface area contributed by atoms with Gasteiger partial charge >= 0.3 is 12.0 Å². The van der Waals surface area contributed by atoms with Gasteiger partial charge in [-0.15, -0.1) is 0 Å². The Labute approximate surface area is 116 Å². The molecule has 0 radical (unpaired) electrons. The van der Waals surface area contributed by atoms with Crippen LogP contribution in [0.15, 0.2) is 24.3 Å². The van der Waals surface area contributed by atoms with Crippen molar-refractivity contribution >= 4 is 23.6 Å². The number of rotatable bonds is 4. The predicted molar refractivity (Wildman–Crippen MR) is 73.7 cm³/mol. The van der Waals surface area contributed by atoms with E-state index in [0.29, 0.717) is 5.69 Å². The highest BCUT2D eigenvalue weighted by Gasteiger charge is 2.15. The van der Waals surface area contributed by atoms with Crippen molar-refractivity contribution < 1.29 is 19.5 Å². The normalized spacial score (nSPS) is 11.3. The Kier molecular flexibility index (Phi) is 5.08. The molecule has 1 unspecified atom stereocenters. The minimum Gasteiger partial charge on any atom is -0.480 e. The van der Waals surface area contributed by atoms with Crippen molar-refractivity contribution in [2.24, 2.45) is 0 Å². The number of nitrogens with one attached hydrogen (secondary N) is 2. The van der Waals surface area contributed by atoms with E-state index >= 15 is 0 Å². The number of hydrogen-bond acceptors (Lipinski definition) is 3. The van der Waals surface area contributed by atoms with Crippen molar-refractivity contribution in [3.63, 3.8) is 0 Å². The van der Waals surface area contributed by atoms with Crippen molar-refractivity contribution in [2.75, 3.05) is 19.4 Å². The Hall–Kier alpha value is -2.57. The lowest BCUT2D eigenvalue weighted by molar-refractivity contribution is -0.138. The molecule has 1 atom stereocenters. The van der Waals surface area contributed by atoms with Gasteiger partial charge in [-0.2, -0.15) is 0 Å². The van der Waals surface area contributed by atoms with Gasteiger partial charge in [0.1, 0.15) is 6.04 Å². The molecule has 0 spiro atoms. The van der Waals surface area contributed by atoms with Gasteiger partial charge in [0.05, 0.1) is 0 Å². The van der Waals surface area contributed by atoms with Crippen LogP contribution in [0.2, 0.25) is 0 Å². The van der Waals surface area contributed by atoms with Crippen molar-refractivity contribution in [1.82, 2.24) is 10.2 Å². The maximum Gasteiger partial charge on any atom is 0.325 e. The maximum atomic E-state index is 11.8. The number of carbonyl (C=O) groups is 3. The number of carboxylic acid groups (broad SMARTS) is 1. The molecule has 3 N–H and O–H groups in total. The molecule has 0 aromatic heterocycles. The summed E-state index contributed by atoms with van der Waals surface area (Å²) in [6, 6.07) is 4.95. The molecule has 0 saturated heterocycles. The molecule has 20 heavy (non-hydrogen) atoms. The van der Waals surface area contributed by atoms with Crippen molar-refractivity contribution in [2.45, 2.75) is 13.0 Å². The summed E-state index contributed by atoms with van der Waals surface area (Å²) in [6.07, 6.45) is 0. The fraction of sp³-hybridized carbons (Fsp3) is 0.308. The molecule has 0 fully saturated rings. The third-order valence-electron chi connectivity index (χ3n) is 2.50. The van der Waals surface area contributed by atoms with E-state index < -0.39 is 17.9 Å². The first-order chi connectivity index (χ1) is 9.31. The second-order valence-electron chi connectivity index (χ2n) is 4.44. The molecule has 3 amide bonds. The van der Waals surface area contributed by atoms with E-state index in [1.807, 2.05) is 0 Å². The van der Waals surface area contributed by atoms with Crippen LogP contribution in [0.25, 0.3) is 0 Å². The van der Waals surface area contributed by atoms with E-state index in [2.05, 4.69) is 10.6 Å². The number of amides is 3. The molecule has 0 aliphatic carbocycles. The number of urea groups is 1. The Morgan fingerprint density at radius 1 is 1.25 bits per heavy atom. The number of anilines is 1. The smallest absolute Gasteiger partial charge is 0.325 e. The molecule has 0 heterocycles. The molecule has 0 bridgehead atoms. The first-order valence-corrected chi connectivity index (χ1v) is 5.93. The molecule has 108 valence electrons.